The van der Waals surface area contributed by atoms with Crippen molar-refractivity contribution in [1.29, 1.82) is 0 Å². The SMILES string of the molecule is CN(C)S(=O)(=O)CCC(O)/C=C/c1ccccc1. The summed E-state index contributed by atoms with van der Waals surface area (Å²) in [5, 5.41) is 9.69. The monoisotopic (exact) mass is 269 g/mol. The van der Waals surface area contributed by atoms with Gasteiger partial charge in [0.05, 0.1) is 11.9 Å². The number of sulfonamides is 1. The Balaban J connectivity index is 2.48. The molecule has 1 aromatic rings. The zero-order valence-corrected chi connectivity index (χ0v) is 11.5. The molecule has 0 saturated heterocycles. The molecule has 0 spiro atoms. The maximum absolute atomic E-state index is 11.5. The van der Waals surface area contributed by atoms with Gasteiger partial charge in [0.1, 0.15) is 0 Å². The van der Waals surface area contributed by atoms with E-state index < -0.39 is 16.1 Å². The molecule has 0 fully saturated rings. The first-order valence-electron chi connectivity index (χ1n) is 5.73. The Morgan fingerprint density at radius 2 is 1.89 bits per heavy atom. The van der Waals surface area contributed by atoms with Gasteiger partial charge in [-0.3, -0.25) is 0 Å². The molecular formula is C13H19NO3S. The molecule has 4 nitrogen and oxygen atoms in total. The summed E-state index contributed by atoms with van der Waals surface area (Å²) in [5.41, 5.74) is 0.979. The first-order valence-corrected chi connectivity index (χ1v) is 7.34. The number of nitrogens with zero attached hydrogens (tertiary/aromatic N) is 1. The van der Waals surface area contributed by atoms with Crippen LogP contribution in [0.3, 0.4) is 0 Å². The molecule has 0 aliphatic heterocycles. The smallest absolute Gasteiger partial charge is 0.213 e. The molecule has 1 aromatic carbocycles. The molecule has 0 aliphatic rings. The molecule has 5 heteroatoms. The minimum Gasteiger partial charge on any atom is -0.389 e. The third-order valence-electron chi connectivity index (χ3n) is 2.54. The van der Waals surface area contributed by atoms with Crippen LogP contribution in [0.5, 0.6) is 0 Å². The minimum atomic E-state index is -3.24. The third kappa shape index (κ3) is 5.00. The number of hydrogen-bond acceptors (Lipinski definition) is 3. The van der Waals surface area contributed by atoms with Crippen molar-refractivity contribution in [1.82, 2.24) is 4.31 Å². The lowest BCUT2D eigenvalue weighted by Gasteiger charge is -2.12. The van der Waals surface area contributed by atoms with E-state index in [2.05, 4.69) is 0 Å². The van der Waals surface area contributed by atoms with Crippen molar-refractivity contribution < 1.29 is 13.5 Å². The van der Waals surface area contributed by atoms with E-state index in [1.54, 1.807) is 12.2 Å². The second kappa shape index (κ2) is 6.68. The molecule has 1 rings (SSSR count). The van der Waals surface area contributed by atoms with Gasteiger partial charge in [-0.1, -0.05) is 42.5 Å². The van der Waals surface area contributed by atoms with Crippen LogP contribution in [0.4, 0.5) is 0 Å². The van der Waals surface area contributed by atoms with E-state index in [4.69, 9.17) is 0 Å². The Morgan fingerprint density at radius 3 is 2.44 bits per heavy atom. The van der Waals surface area contributed by atoms with Crippen LogP contribution in [-0.2, 0) is 10.0 Å². The van der Waals surface area contributed by atoms with E-state index in [9.17, 15) is 13.5 Å². The number of aliphatic hydroxyl groups excluding tert-OH is 1. The molecule has 0 heterocycles. The Kier molecular flexibility index (Phi) is 5.53. The van der Waals surface area contributed by atoms with Crippen molar-refractivity contribution in [3.05, 3.63) is 42.0 Å². The molecule has 100 valence electrons. The second-order valence-electron chi connectivity index (χ2n) is 4.22. The fourth-order valence-corrected chi connectivity index (χ4v) is 2.24. The van der Waals surface area contributed by atoms with E-state index >= 15 is 0 Å². The highest BCUT2D eigenvalue weighted by molar-refractivity contribution is 7.89. The summed E-state index contributed by atoms with van der Waals surface area (Å²) in [4.78, 5) is 0. The van der Waals surface area contributed by atoms with Gasteiger partial charge in [-0.15, -0.1) is 0 Å². The Bertz CT molecular complexity index is 480. The highest BCUT2D eigenvalue weighted by Gasteiger charge is 2.14. The fourth-order valence-electron chi connectivity index (χ4n) is 1.33. The van der Waals surface area contributed by atoms with E-state index in [0.717, 1.165) is 5.56 Å². The first kappa shape index (κ1) is 14.9. The molecule has 0 saturated carbocycles. The van der Waals surface area contributed by atoms with Crippen LogP contribution in [-0.4, -0.2) is 43.8 Å². The van der Waals surface area contributed by atoms with E-state index in [-0.39, 0.29) is 12.2 Å². The van der Waals surface area contributed by atoms with Gasteiger partial charge in [0.2, 0.25) is 10.0 Å². The zero-order valence-electron chi connectivity index (χ0n) is 10.7. The van der Waals surface area contributed by atoms with Crippen LogP contribution in [0.2, 0.25) is 0 Å². The van der Waals surface area contributed by atoms with Crippen LogP contribution in [0.15, 0.2) is 36.4 Å². The molecule has 1 N–H and O–H groups in total. The summed E-state index contributed by atoms with van der Waals surface area (Å²) in [6.07, 6.45) is 2.84. The summed E-state index contributed by atoms with van der Waals surface area (Å²) in [5.74, 6) is -0.0553. The third-order valence-corrected chi connectivity index (χ3v) is 4.40. The lowest BCUT2D eigenvalue weighted by atomic mass is 10.2. The normalized spacial score (nSPS) is 14.2. The molecule has 18 heavy (non-hydrogen) atoms. The lowest BCUT2D eigenvalue weighted by Crippen LogP contribution is -2.26. The molecule has 0 aromatic heterocycles. The van der Waals surface area contributed by atoms with Crippen LogP contribution >= 0.6 is 0 Å². The van der Waals surface area contributed by atoms with Gasteiger partial charge in [-0.05, 0) is 12.0 Å². The molecule has 0 bridgehead atoms. The maximum atomic E-state index is 11.5. The van der Waals surface area contributed by atoms with E-state index in [1.807, 2.05) is 30.3 Å². The Hall–Kier alpha value is -1.17. The van der Waals surface area contributed by atoms with Crippen molar-refractivity contribution in [3.8, 4) is 0 Å². The average Bonchev–Trinajstić information content (AvgIpc) is 2.35. The Morgan fingerprint density at radius 1 is 1.28 bits per heavy atom. The van der Waals surface area contributed by atoms with Gasteiger partial charge in [0.25, 0.3) is 0 Å². The summed E-state index contributed by atoms with van der Waals surface area (Å²) < 4.78 is 24.2. The first-order chi connectivity index (χ1) is 8.42. The van der Waals surface area contributed by atoms with Gasteiger partial charge in [0, 0.05) is 14.1 Å². The van der Waals surface area contributed by atoms with Crippen molar-refractivity contribution >= 4 is 16.1 Å². The topological polar surface area (TPSA) is 57.6 Å². The van der Waals surface area contributed by atoms with E-state index in [0.29, 0.717) is 0 Å². The highest BCUT2D eigenvalue weighted by Crippen LogP contribution is 2.06. The van der Waals surface area contributed by atoms with Gasteiger partial charge in [-0.25, -0.2) is 12.7 Å². The molecule has 0 amide bonds. The Labute approximate surface area is 109 Å². The quantitative estimate of drug-likeness (QED) is 0.848. The van der Waals surface area contributed by atoms with Crippen LogP contribution < -0.4 is 0 Å². The number of rotatable bonds is 6. The lowest BCUT2D eigenvalue weighted by molar-refractivity contribution is 0.220. The molecule has 0 aliphatic carbocycles. The van der Waals surface area contributed by atoms with Crippen molar-refractivity contribution in [2.75, 3.05) is 19.8 Å². The molecule has 0 radical (unpaired) electrons. The second-order valence-corrected chi connectivity index (χ2v) is 6.53. The fraction of sp³-hybridized carbons (Fsp3) is 0.385. The van der Waals surface area contributed by atoms with E-state index in [1.165, 1.54) is 18.4 Å². The van der Waals surface area contributed by atoms with Crippen LogP contribution in [0, 0.1) is 0 Å². The highest BCUT2D eigenvalue weighted by atomic mass is 32.2. The molecule has 1 unspecified atom stereocenters. The van der Waals surface area contributed by atoms with Gasteiger partial charge in [-0.2, -0.15) is 0 Å². The summed E-state index contributed by atoms with van der Waals surface area (Å²) in [6.45, 7) is 0. The summed E-state index contributed by atoms with van der Waals surface area (Å²) in [7, 11) is -0.262. The van der Waals surface area contributed by atoms with Gasteiger partial charge < -0.3 is 5.11 Å². The standard InChI is InChI=1S/C13H19NO3S/c1-14(2)18(16,17)11-10-13(15)9-8-12-6-4-3-5-7-12/h3-9,13,15H,10-11H2,1-2H3/b9-8+. The molecule has 1 atom stereocenters. The van der Waals surface area contributed by atoms with Gasteiger partial charge in [0.15, 0.2) is 0 Å². The average molecular weight is 269 g/mol. The zero-order chi connectivity index (χ0) is 13.6. The molecular weight excluding hydrogens is 250 g/mol. The minimum absolute atomic E-state index is 0.0553. The maximum Gasteiger partial charge on any atom is 0.213 e. The number of aliphatic hydroxyl groups is 1. The predicted molar refractivity (Wildman–Crippen MR) is 73.6 cm³/mol. The number of hydrogen-bond donors (Lipinski definition) is 1. The van der Waals surface area contributed by atoms with Gasteiger partial charge >= 0.3 is 0 Å². The predicted octanol–water partition coefficient (Wildman–Crippen LogP) is 1.34. The van der Waals surface area contributed by atoms with Crippen LogP contribution in [0.1, 0.15) is 12.0 Å². The number of benzene rings is 1. The largest absolute Gasteiger partial charge is 0.389 e. The van der Waals surface area contributed by atoms with Crippen LogP contribution in [0.25, 0.3) is 6.08 Å². The van der Waals surface area contributed by atoms with Crippen molar-refractivity contribution in [3.63, 3.8) is 0 Å². The summed E-state index contributed by atoms with van der Waals surface area (Å²) in [6, 6.07) is 9.56. The van der Waals surface area contributed by atoms with Crippen molar-refractivity contribution in [2.45, 2.75) is 12.5 Å². The summed E-state index contributed by atoms with van der Waals surface area (Å²) >= 11 is 0. The van der Waals surface area contributed by atoms with Crippen molar-refractivity contribution in [2.24, 2.45) is 0 Å².